The summed E-state index contributed by atoms with van der Waals surface area (Å²) in [5.41, 5.74) is 0.680. The van der Waals surface area contributed by atoms with Crippen LogP contribution in [0.15, 0.2) is 23.1 Å². The van der Waals surface area contributed by atoms with Crippen LogP contribution in [0.1, 0.15) is 5.56 Å². The van der Waals surface area contributed by atoms with Crippen LogP contribution in [0, 0.1) is 0 Å². The molecule has 0 aliphatic carbocycles. The van der Waals surface area contributed by atoms with Crippen molar-refractivity contribution in [3.05, 3.63) is 38.7 Å². The van der Waals surface area contributed by atoms with Crippen LogP contribution < -0.4 is 0 Å². The summed E-state index contributed by atoms with van der Waals surface area (Å²) < 4.78 is 0.332. The predicted molar refractivity (Wildman–Crippen MR) is 78.6 cm³/mol. The summed E-state index contributed by atoms with van der Waals surface area (Å²) in [6, 6.07) is 5.00. The van der Waals surface area contributed by atoms with Crippen LogP contribution in [0.25, 0.3) is 6.08 Å². The van der Waals surface area contributed by atoms with Gasteiger partial charge in [0, 0.05) is 10.0 Å². The van der Waals surface area contributed by atoms with E-state index in [4.69, 9.17) is 40.5 Å². The zero-order valence-electron chi connectivity index (χ0n) is 8.89. The molecule has 1 aliphatic rings. The molecule has 0 bridgehead atoms. The van der Waals surface area contributed by atoms with E-state index in [0.29, 0.717) is 24.8 Å². The summed E-state index contributed by atoms with van der Waals surface area (Å²) in [6.45, 7) is -0.420. The first-order valence-electron chi connectivity index (χ1n) is 4.84. The van der Waals surface area contributed by atoms with Crippen LogP contribution in [0.3, 0.4) is 0 Å². The zero-order chi connectivity index (χ0) is 13.3. The molecule has 0 spiro atoms. The maximum atomic E-state index is 11.8. The summed E-state index contributed by atoms with van der Waals surface area (Å²) >= 11 is 17.9. The fourth-order valence-electron chi connectivity index (χ4n) is 1.38. The smallest absolute Gasteiger partial charge is 0.268 e. The highest BCUT2D eigenvalue weighted by molar-refractivity contribution is 8.26. The number of hydrogen-bond acceptors (Lipinski definition) is 4. The quantitative estimate of drug-likeness (QED) is 0.671. The van der Waals surface area contributed by atoms with Gasteiger partial charge in [0.2, 0.25) is 0 Å². The van der Waals surface area contributed by atoms with Gasteiger partial charge in [-0.05, 0) is 23.8 Å². The SMILES string of the molecule is O=C1/C(=C/c2ccc(Cl)cc2Cl)SC(=S)N1CO. The maximum absolute atomic E-state index is 11.8. The molecule has 0 radical (unpaired) electrons. The number of thioether (sulfide) groups is 1. The highest BCUT2D eigenvalue weighted by Crippen LogP contribution is 2.33. The number of aliphatic hydroxyl groups is 1. The number of rotatable bonds is 2. The summed E-state index contributed by atoms with van der Waals surface area (Å²) in [5.74, 6) is -0.321. The molecule has 2 rings (SSSR count). The first-order valence-corrected chi connectivity index (χ1v) is 6.82. The number of benzene rings is 1. The van der Waals surface area contributed by atoms with Crippen LogP contribution in [0.2, 0.25) is 10.0 Å². The van der Waals surface area contributed by atoms with Gasteiger partial charge in [0.05, 0.1) is 4.91 Å². The van der Waals surface area contributed by atoms with Crippen molar-refractivity contribution in [3.63, 3.8) is 0 Å². The van der Waals surface area contributed by atoms with E-state index in [1.54, 1.807) is 24.3 Å². The van der Waals surface area contributed by atoms with Crippen LogP contribution in [0.5, 0.6) is 0 Å². The number of amides is 1. The molecule has 1 aromatic rings. The van der Waals surface area contributed by atoms with Gasteiger partial charge in [-0.1, -0.05) is 53.2 Å². The minimum atomic E-state index is -0.420. The highest BCUT2D eigenvalue weighted by atomic mass is 35.5. The maximum Gasteiger partial charge on any atom is 0.268 e. The normalized spacial score (nSPS) is 17.9. The van der Waals surface area contributed by atoms with Gasteiger partial charge in [0.15, 0.2) is 0 Å². The Labute approximate surface area is 123 Å². The van der Waals surface area contributed by atoms with E-state index in [1.807, 2.05) is 0 Å². The van der Waals surface area contributed by atoms with Crippen LogP contribution in [-0.2, 0) is 4.79 Å². The summed E-state index contributed by atoms with van der Waals surface area (Å²) in [5, 5.41) is 10.00. The topological polar surface area (TPSA) is 40.5 Å². The molecule has 1 N–H and O–H groups in total. The Morgan fingerprint density at radius 1 is 1.44 bits per heavy atom. The van der Waals surface area contributed by atoms with Gasteiger partial charge >= 0.3 is 0 Å². The average molecular weight is 320 g/mol. The lowest BCUT2D eigenvalue weighted by Gasteiger charge is -2.08. The van der Waals surface area contributed by atoms with E-state index in [2.05, 4.69) is 0 Å². The van der Waals surface area contributed by atoms with Crippen LogP contribution in [-0.4, -0.2) is 27.0 Å². The van der Waals surface area contributed by atoms with E-state index in [9.17, 15) is 4.79 Å². The van der Waals surface area contributed by atoms with Gasteiger partial charge in [-0.3, -0.25) is 9.69 Å². The molecule has 1 heterocycles. The highest BCUT2D eigenvalue weighted by Gasteiger charge is 2.31. The van der Waals surface area contributed by atoms with Crippen molar-refractivity contribution in [2.45, 2.75) is 0 Å². The standard InChI is InChI=1S/C11H7Cl2NO2S2/c12-7-2-1-6(8(13)4-7)3-9-10(16)14(5-15)11(17)18-9/h1-4,15H,5H2/b9-3-. The van der Waals surface area contributed by atoms with Gasteiger partial charge in [-0.2, -0.15) is 0 Å². The molecule has 0 unspecified atom stereocenters. The Hall–Kier alpha value is -0.590. The van der Waals surface area contributed by atoms with Crippen molar-refractivity contribution in [1.82, 2.24) is 4.90 Å². The first-order chi connectivity index (χ1) is 8.52. The molecule has 1 amide bonds. The van der Waals surface area contributed by atoms with Crippen molar-refractivity contribution in [3.8, 4) is 0 Å². The number of carbonyl (C=O) groups is 1. The Balaban J connectivity index is 2.35. The number of aliphatic hydroxyl groups excluding tert-OH is 1. The second-order valence-electron chi connectivity index (χ2n) is 3.42. The summed E-state index contributed by atoms with van der Waals surface area (Å²) in [4.78, 5) is 13.4. The molecule has 1 saturated heterocycles. The largest absolute Gasteiger partial charge is 0.376 e. The lowest BCUT2D eigenvalue weighted by atomic mass is 10.2. The van der Waals surface area contributed by atoms with Gasteiger partial charge in [-0.25, -0.2) is 0 Å². The predicted octanol–water partition coefficient (Wildman–Crippen LogP) is 3.14. The molecule has 18 heavy (non-hydrogen) atoms. The Kier molecular flexibility index (Phi) is 4.29. The third-order valence-electron chi connectivity index (χ3n) is 2.26. The summed E-state index contributed by atoms with van der Waals surface area (Å²) in [6.07, 6.45) is 1.63. The Morgan fingerprint density at radius 3 is 2.72 bits per heavy atom. The van der Waals surface area contributed by atoms with Crippen molar-refractivity contribution >= 4 is 63.5 Å². The van der Waals surface area contributed by atoms with Crippen molar-refractivity contribution in [1.29, 1.82) is 0 Å². The molecule has 0 atom stereocenters. The second kappa shape index (κ2) is 5.59. The summed E-state index contributed by atoms with van der Waals surface area (Å²) in [7, 11) is 0. The Morgan fingerprint density at radius 2 is 2.17 bits per heavy atom. The van der Waals surface area contributed by atoms with Crippen molar-refractivity contribution in [2.75, 3.05) is 6.73 Å². The van der Waals surface area contributed by atoms with Crippen molar-refractivity contribution in [2.24, 2.45) is 0 Å². The Bertz CT molecular complexity index is 560. The number of carbonyl (C=O) groups excluding carboxylic acids is 1. The number of hydrogen-bond donors (Lipinski definition) is 1. The second-order valence-corrected chi connectivity index (χ2v) is 5.94. The average Bonchev–Trinajstić information content (AvgIpc) is 2.58. The zero-order valence-corrected chi connectivity index (χ0v) is 12.0. The first kappa shape index (κ1) is 13.8. The lowest BCUT2D eigenvalue weighted by Crippen LogP contribution is -2.28. The van der Waals surface area contributed by atoms with Gasteiger partial charge in [0.25, 0.3) is 5.91 Å². The third kappa shape index (κ3) is 2.70. The van der Waals surface area contributed by atoms with E-state index in [1.165, 1.54) is 0 Å². The van der Waals surface area contributed by atoms with Crippen LogP contribution in [0.4, 0.5) is 0 Å². The van der Waals surface area contributed by atoms with E-state index < -0.39 is 6.73 Å². The van der Waals surface area contributed by atoms with E-state index in [-0.39, 0.29) is 5.91 Å². The molecule has 0 saturated carbocycles. The molecule has 0 aromatic heterocycles. The van der Waals surface area contributed by atoms with E-state index >= 15 is 0 Å². The molecule has 94 valence electrons. The minimum absolute atomic E-state index is 0.321. The number of nitrogens with zero attached hydrogens (tertiary/aromatic N) is 1. The van der Waals surface area contributed by atoms with Gasteiger partial charge in [-0.15, -0.1) is 0 Å². The monoisotopic (exact) mass is 319 g/mol. The minimum Gasteiger partial charge on any atom is -0.376 e. The van der Waals surface area contributed by atoms with Crippen LogP contribution >= 0.6 is 47.2 Å². The molecule has 1 fully saturated rings. The fourth-order valence-corrected chi connectivity index (χ4v) is 3.08. The van der Waals surface area contributed by atoms with Gasteiger partial charge < -0.3 is 5.11 Å². The van der Waals surface area contributed by atoms with Gasteiger partial charge in [0.1, 0.15) is 11.1 Å². The fraction of sp³-hybridized carbons (Fsp3) is 0.0909. The van der Waals surface area contributed by atoms with Crippen molar-refractivity contribution < 1.29 is 9.90 Å². The number of halogens is 2. The molecule has 1 aromatic carbocycles. The molecule has 7 heteroatoms. The van der Waals surface area contributed by atoms with E-state index in [0.717, 1.165) is 16.7 Å². The third-order valence-corrected chi connectivity index (χ3v) is 4.20. The molecule has 1 aliphatic heterocycles. The molecular formula is C11H7Cl2NO2S2. The molecule has 3 nitrogen and oxygen atoms in total. The molecular weight excluding hydrogens is 313 g/mol. The number of thiocarbonyl (C=S) groups is 1. The lowest BCUT2D eigenvalue weighted by molar-refractivity contribution is -0.124.